The number of aliphatic hydroxyl groups is 1. The first-order valence-corrected chi connectivity index (χ1v) is 31.2. The number of phosphoric acid groups is 1. The SMILES string of the molecule is CC/C=C\C/C=C\C/C=C\C/C=C\C/C=C\CC(=O)OCC(COP(=O)(O)OCC(CO)OC(=O)CCCCCC/C=C\C/C=C\C/C=C\C/C=C\CC)OC(=O)CCCCCCCC/C=C\C/C=C\C/C=C\CCCCC. The van der Waals surface area contributed by atoms with Crippen LogP contribution >= 0.6 is 7.82 Å². The van der Waals surface area contributed by atoms with Crippen LogP contribution in [0.1, 0.15) is 213 Å². The molecule has 0 fully saturated rings. The topological polar surface area (TPSA) is 155 Å². The van der Waals surface area contributed by atoms with E-state index in [1.807, 2.05) is 12.2 Å². The van der Waals surface area contributed by atoms with Crippen molar-refractivity contribution in [2.45, 2.75) is 226 Å². The molecule has 0 saturated heterocycles. The maximum atomic E-state index is 12.9. The molecule has 0 spiro atoms. The molecule has 0 aromatic rings. The second-order valence-electron chi connectivity index (χ2n) is 19.1. The first kappa shape index (κ1) is 73.4. The third-order valence-electron chi connectivity index (χ3n) is 11.8. The predicted octanol–water partition coefficient (Wildman–Crippen LogP) is 17.9. The third-order valence-corrected chi connectivity index (χ3v) is 12.7. The van der Waals surface area contributed by atoms with Crippen LogP contribution in [0.25, 0.3) is 0 Å². The van der Waals surface area contributed by atoms with Crippen LogP contribution in [0.5, 0.6) is 0 Å². The van der Waals surface area contributed by atoms with E-state index in [1.165, 1.54) is 25.7 Å². The van der Waals surface area contributed by atoms with Crippen LogP contribution in [0.3, 0.4) is 0 Å². The zero-order valence-corrected chi connectivity index (χ0v) is 49.5. The average Bonchev–Trinajstić information content (AvgIpc) is 3.43. The van der Waals surface area contributed by atoms with Crippen molar-refractivity contribution in [3.63, 3.8) is 0 Å². The van der Waals surface area contributed by atoms with E-state index in [0.29, 0.717) is 19.3 Å². The van der Waals surface area contributed by atoms with Gasteiger partial charge in [0.25, 0.3) is 0 Å². The molecule has 0 aliphatic carbocycles. The van der Waals surface area contributed by atoms with Crippen LogP contribution in [-0.4, -0.2) is 66.5 Å². The summed E-state index contributed by atoms with van der Waals surface area (Å²) >= 11 is 0. The van der Waals surface area contributed by atoms with Gasteiger partial charge in [-0.25, -0.2) is 4.57 Å². The quantitative estimate of drug-likeness (QED) is 0.0197. The number of hydrogen-bond donors (Lipinski definition) is 2. The number of carbonyl (C=O) groups excluding carboxylic acids is 3. The van der Waals surface area contributed by atoms with Gasteiger partial charge in [-0.15, -0.1) is 0 Å². The van der Waals surface area contributed by atoms with Gasteiger partial charge in [-0.05, 0) is 122 Å². The molecule has 0 saturated carbocycles. The van der Waals surface area contributed by atoms with E-state index in [2.05, 4.69) is 148 Å². The highest BCUT2D eigenvalue weighted by molar-refractivity contribution is 7.47. The Morgan fingerprint density at radius 3 is 1.09 bits per heavy atom. The standard InChI is InChI=1S/C66H105O11P/c1-4-7-10-13-16-19-22-25-28-30-31-33-36-39-42-45-48-51-54-57-66(70)77-63(59-73-64(68)55-52-49-46-43-40-37-34-27-24-21-18-15-12-9-6-3)61-75-78(71,72)74-60-62(58-67)76-65(69)56-53-50-47-44-41-38-35-32-29-26-23-20-17-14-11-8-5-2/h8-9,11-12,16-21,25-29,31,33-35,38,40,43,49,52,62-63,67H,4-7,10,13-15,22-24,30,32,36-37,39,41-42,44-48,50-51,53-61H2,1-3H3,(H,71,72)/b11-8-,12-9-,19-16-,20-17-,21-18-,28-25-,29-26-,33-31-,34-27-,38-35-,43-40-,52-49-. The third kappa shape index (κ3) is 56.1. The Morgan fingerprint density at radius 2 is 0.705 bits per heavy atom. The Balaban J connectivity index is 4.87. The van der Waals surface area contributed by atoms with Crippen molar-refractivity contribution in [1.82, 2.24) is 0 Å². The van der Waals surface area contributed by atoms with Crippen LogP contribution in [-0.2, 0) is 42.2 Å². The summed E-state index contributed by atoms with van der Waals surface area (Å²) in [4.78, 5) is 48.6. The molecule has 0 aliphatic heterocycles. The first-order chi connectivity index (χ1) is 38.2. The lowest BCUT2D eigenvalue weighted by Crippen LogP contribution is -2.30. The van der Waals surface area contributed by atoms with Crippen molar-refractivity contribution in [2.24, 2.45) is 0 Å². The molecule has 0 aliphatic rings. The molecular weight excluding hydrogens is 1000 g/mol. The van der Waals surface area contributed by atoms with Crippen LogP contribution in [0.2, 0.25) is 0 Å². The summed E-state index contributed by atoms with van der Waals surface area (Å²) in [5, 5.41) is 9.83. The minimum atomic E-state index is -4.79. The van der Waals surface area contributed by atoms with Crippen molar-refractivity contribution < 1.29 is 52.2 Å². The molecule has 78 heavy (non-hydrogen) atoms. The number of allylic oxidation sites excluding steroid dienone is 23. The van der Waals surface area contributed by atoms with E-state index in [-0.39, 0.29) is 19.3 Å². The monoisotopic (exact) mass is 1100 g/mol. The van der Waals surface area contributed by atoms with Gasteiger partial charge in [-0.3, -0.25) is 23.4 Å². The van der Waals surface area contributed by atoms with Gasteiger partial charge in [0, 0.05) is 12.8 Å². The molecule has 2 N–H and O–H groups in total. The number of aliphatic hydroxyl groups excluding tert-OH is 1. The molecule has 440 valence electrons. The van der Waals surface area contributed by atoms with Gasteiger partial charge in [-0.1, -0.05) is 218 Å². The molecule has 0 aromatic carbocycles. The highest BCUT2D eigenvalue weighted by Gasteiger charge is 2.28. The number of carbonyl (C=O) groups is 3. The van der Waals surface area contributed by atoms with Gasteiger partial charge in [0.05, 0.1) is 26.2 Å². The Bertz CT molecular complexity index is 1860. The number of esters is 3. The van der Waals surface area contributed by atoms with Gasteiger partial charge >= 0.3 is 25.7 Å². The van der Waals surface area contributed by atoms with Gasteiger partial charge in [0.2, 0.25) is 0 Å². The average molecular weight is 1110 g/mol. The van der Waals surface area contributed by atoms with E-state index in [0.717, 1.165) is 128 Å². The van der Waals surface area contributed by atoms with Crippen LogP contribution < -0.4 is 0 Å². The van der Waals surface area contributed by atoms with Crippen molar-refractivity contribution in [3.05, 3.63) is 146 Å². The highest BCUT2D eigenvalue weighted by atomic mass is 31.2. The lowest BCUT2D eigenvalue weighted by atomic mass is 10.1. The van der Waals surface area contributed by atoms with Gasteiger partial charge in [0.15, 0.2) is 6.10 Å². The highest BCUT2D eigenvalue weighted by Crippen LogP contribution is 2.43. The molecule has 11 nitrogen and oxygen atoms in total. The Kier molecular flexibility index (Phi) is 55.0. The number of ether oxygens (including phenoxy) is 3. The van der Waals surface area contributed by atoms with Crippen LogP contribution in [0.15, 0.2) is 146 Å². The Labute approximate surface area is 473 Å². The summed E-state index contributed by atoms with van der Waals surface area (Å²) in [5.41, 5.74) is 0. The van der Waals surface area contributed by atoms with Crippen molar-refractivity contribution in [3.8, 4) is 0 Å². The number of unbranched alkanes of at least 4 members (excludes halogenated alkanes) is 13. The lowest BCUT2D eigenvalue weighted by molar-refractivity contribution is -0.161. The second kappa shape index (κ2) is 58.5. The molecule has 0 heterocycles. The molecule has 12 heteroatoms. The van der Waals surface area contributed by atoms with E-state index < -0.39 is 64.4 Å². The molecule has 0 rings (SSSR count). The fraction of sp³-hybridized carbons (Fsp3) is 0.591. The second-order valence-corrected chi connectivity index (χ2v) is 20.5. The molecule has 0 amide bonds. The van der Waals surface area contributed by atoms with E-state index >= 15 is 0 Å². The van der Waals surface area contributed by atoms with Gasteiger partial charge < -0.3 is 24.2 Å². The molecule has 0 bridgehead atoms. The lowest BCUT2D eigenvalue weighted by Gasteiger charge is -2.21. The van der Waals surface area contributed by atoms with Gasteiger partial charge in [-0.2, -0.15) is 0 Å². The number of rotatable bonds is 53. The van der Waals surface area contributed by atoms with Gasteiger partial charge in [0.1, 0.15) is 12.7 Å². The minimum Gasteiger partial charge on any atom is -0.461 e. The number of phosphoric ester groups is 1. The van der Waals surface area contributed by atoms with Crippen LogP contribution in [0, 0.1) is 0 Å². The number of hydrogen-bond acceptors (Lipinski definition) is 10. The van der Waals surface area contributed by atoms with Crippen molar-refractivity contribution >= 4 is 25.7 Å². The van der Waals surface area contributed by atoms with E-state index in [4.69, 9.17) is 23.3 Å². The molecule has 3 atom stereocenters. The fourth-order valence-corrected chi connectivity index (χ4v) is 8.09. The molecule has 0 aromatic heterocycles. The Morgan fingerprint density at radius 1 is 0.385 bits per heavy atom. The summed E-state index contributed by atoms with van der Waals surface area (Å²) < 4.78 is 39.4. The summed E-state index contributed by atoms with van der Waals surface area (Å²) in [6.07, 6.45) is 75.4. The first-order valence-electron chi connectivity index (χ1n) is 29.7. The normalized spacial score (nSPS) is 14.4. The summed E-state index contributed by atoms with van der Waals surface area (Å²) in [5.74, 6) is -1.67. The Hall–Kier alpha value is -4.64. The fourth-order valence-electron chi connectivity index (χ4n) is 7.31. The van der Waals surface area contributed by atoms with E-state index in [9.17, 15) is 28.9 Å². The van der Waals surface area contributed by atoms with Crippen molar-refractivity contribution in [1.29, 1.82) is 0 Å². The largest absolute Gasteiger partial charge is 0.472 e. The zero-order valence-electron chi connectivity index (χ0n) is 48.6. The molecule has 0 radical (unpaired) electrons. The summed E-state index contributed by atoms with van der Waals surface area (Å²) in [6.45, 7) is 4.22. The van der Waals surface area contributed by atoms with Crippen LogP contribution in [0.4, 0.5) is 0 Å². The maximum Gasteiger partial charge on any atom is 0.472 e. The predicted molar refractivity (Wildman–Crippen MR) is 325 cm³/mol. The van der Waals surface area contributed by atoms with E-state index in [1.54, 1.807) is 6.08 Å². The molecular formula is C66H105O11P. The molecule has 3 unspecified atom stereocenters. The maximum absolute atomic E-state index is 12.9. The van der Waals surface area contributed by atoms with Crippen molar-refractivity contribution in [2.75, 3.05) is 26.4 Å². The smallest absolute Gasteiger partial charge is 0.461 e. The summed E-state index contributed by atoms with van der Waals surface area (Å²) in [7, 11) is -4.79. The zero-order chi connectivity index (χ0) is 56.9. The minimum absolute atomic E-state index is 0.0183. The summed E-state index contributed by atoms with van der Waals surface area (Å²) in [6, 6.07) is 0.